The molecule has 7 nitrogen and oxygen atoms in total. The van der Waals surface area contributed by atoms with Crippen LogP contribution in [0.5, 0.6) is 0 Å². The molecule has 0 radical (unpaired) electrons. The molecule has 0 aliphatic carbocycles. The van der Waals surface area contributed by atoms with Crippen molar-refractivity contribution in [3.8, 4) is 11.1 Å². The Bertz CT molecular complexity index is 1230. The second-order valence-electron chi connectivity index (χ2n) is 7.14. The molecule has 5 heterocycles. The number of aliphatic imine (C=N–C) groups is 1. The summed E-state index contributed by atoms with van der Waals surface area (Å²) in [6.45, 7) is 0.680. The van der Waals surface area contributed by atoms with Crippen LogP contribution < -0.4 is 0 Å². The predicted octanol–water partition coefficient (Wildman–Crippen LogP) is 3.92. The number of hydrogen-bond donors (Lipinski definition) is 1. The first-order valence-electron chi connectivity index (χ1n) is 9.22. The summed E-state index contributed by atoms with van der Waals surface area (Å²) in [7, 11) is 0. The van der Waals surface area contributed by atoms with Gasteiger partial charge in [-0.2, -0.15) is 18.3 Å². The first-order chi connectivity index (χ1) is 14.8. The molecule has 2 aliphatic heterocycles. The number of hydrogen-bond acceptors (Lipinski definition) is 5. The van der Waals surface area contributed by atoms with E-state index in [9.17, 15) is 18.0 Å². The molecule has 0 spiro atoms. The third-order valence-corrected chi connectivity index (χ3v) is 6.37. The Morgan fingerprint density at radius 1 is 1.32 bits per heavy atom. The van der Waals surface area contributed by atoms with Crippen LogP contribution in [0.3, 0.4) is 0 Å². The number of nitrogens with one attached hydrogen (secondary N) is 1. The molecule has 1 unspecified atom stereocenters. The lowest BCUT2D eigenvalue weighted by Crippen LogP contribution is -2.30. The van der Waals surface area contributed by atoms with E-state index < -0.39 is 23.3 Å². The van der Waals surface area contributed by atoms with Crippen molar-refractivity contribution < 1.29 is 18.0 Å². The minimum Gasteiger partial charge on any atom is -0.329 e. The number of fused-ring (bicyclic) bond motifs is 1. The number of imidazole rings is 1. The van der Waals surface area contributed by atoms with E-state index in [4.69, 9.17) is 11.6 Å². The van der Waals surface area contributed by atoms with E-state index >= 15 is 0 Å². The molecule has 0 saturated carbocycles. The van der Waals surface area contributed by atoms with Crippen molar-refractivity contribution in [1.82, 2.24) is 24.5 Å². The molecule has 160 valence electrons. The maximum Gasteiger partial charge on any atom is 0.420 e. The standard InChI is InChI=1S/C19H14ClF3N6OS/c20-16-15(18(30)28-2-1-10(6-28)14-8-31-9-24-14)27-17-13(19(21,22)23)3-11(7-29(16)17)12-4-25-26-5-12/h1,3-5,7,9,14H,2,6,8H2,(H,25,26). The largest absolute Gasteiger partial charge is 0.420 e. The number of alkyl halides is 3. The number of thioether (sulfide) groups is 1. The number of carbonyl (C=O) groups excluding carboxylic acids is 1. The molecule has 1 atom stereocenters. The maximum atomic E-state index is 13.8. The van der Waals surface area contributed by atoms with Gasteiger partial charge in [0.2, 0.25) is 0 Å². The van der Waals surface area contributed by atoms with Crippen molar-refractivity contribution in [2.45, 2.75) is 12.2 Å². The lowest BCUT2D eigenvalue weighted by molar-refractivity contribution is -0.136. The first kappa shape index (κ1) is 20.1. The number of rotatable bonds is 3. The number of halogens is 4. The second-order valence-corrected chi connectivity index (χ2v) is 8.38. The Morgan fingerprint density at radius 3 is 2.84 bits per heavy atom. The van der Waals surface area contributed by atoms with Crippen molar-refractivity contribution in [3.63, 3.8) is 0 Å². The number of carbonyl (C=O) groups is 1. The van der Waals surface area contributed by atoms with E-state index in [1.54, 1.807) is 17.3 Å². The summed E-state index contributed by atoms with van der Waals surface area (Å²) < 4.78 is 42.4. The highest BCUT2D eigenvalue weighted by molar-refractivity contribution is 8.12. The van der Waals surface area contributed by atoms with Gasteiger partial charge in [0.05, 0.1) is 23.3 Å². The van der Waals surface area contributed by atoms with Gasteiger partial charge in [0, 0.05) is 42.4 Å². The van der Waals surface area contributed by atoms with Crippen molar-refractivity contribution in [2.75, 3.05) is 18.8 Å². The van der Waals surface area contributed by atoms with Gasteiger partial charge in [-0.1, -0.05) is 17.7 Å². The molecule has 3 aromatic heterocycles. The first-order valence-corrected chi connectivity index (χ1v) is 10.6. The quantitative estimate of drug-likeness (QED) is 0.593. The summed E-state index contributed by atoms with van der Waals surface area (Å²) in [6.07, 6.45) is 1.53. The van der Waals surface area contributed by atoms with Gasteiger partial charge in [-0.15, -0.1) is 11.8 Å². The number of aromatic amines is 1. The van der Waals surface area contributed by atoms with Gasteiger partial charge in [-0.3, -0.25) is 19.3 Å². The Balaban J connectivity index is 1.53. The predicted molar refractivity (Wildman–Crippen MR) is 112 cm³/mol. The molecule has 0 aromatic carbocycles. The summed E-state index contributed by atoms with van der Waals surface area (Å²) in [5.41, 5.74) is 1.87. The molecular weight excluding hydrogens is 453 g/mol. The summed E-state index contributed by atoms with van der Waals surface area (Å²) in [4.78, 5) is 22.9. The summed E-state index contributed by atoms with van der Waals surface area (Å²) in [5.74, 6) is 0.293. The van der Waals surface area contributed by atoms with Gasteiger partial charge in [0.25, 0.3) is 5.91 Å². The number of nitrogens with zero attached hydrogens (tertiary/aromatic N) is 5. The third-order valence-electron chi connectivity index (χ3n) is 5.23. The van der Waals surface area contributed by atoms with Crippen LogP contribution in [0.25, 0.3) is 16.8 Å². The van der Waals surface area contributed by atoms with Gasteiger partial charge >= 0.3 is 6.18 Å². The van der Waals surface area contributed by atoms with Crippen LogP contribution in [0.15, 0.2) is 41.3 Å². The van der Waals surface area contributed by atoms with E-state index in [2.05, 4.69) is 20.2 Å². The fourth-order valence-electron chi connectivity index (χ4n) is 3.65. The number of H-pyrrole nitrogens is 1. The molecule has 1 amide bonds. The van der Waals surface area contributed by atoms with Crippen LogP contribution in [-0.2, 0) is 6.18 Å². The van der Waals surface area contributed by atoms with E-state index in [1.165, 1.54) is 23.5 Å². The topological polar surface area (TPSA) is 78.6 Å². The highest BCUT2D eigenvalue weighted by Crippen LogP contribution is 2.37. The maximum absolute atomic E-state index is 13.8. The average molecular weight is 467 g/mol. The van der Waals surface area contributed by atoms with Crippen LogP contribution in [0.2, 0.25) is 5.15 Å². The summed E-state index contributed by atoms with van der Waals surface area (Å²) in [6, 6.07) is 0.997. The second kappa shape index (κ2) is 7.41. The fraction of sp³-hybridized carbons (Fsp3) is 0.263. The number of amides is 1. The summed E-state index contributed by atoms with van der Waals surface area (Å²) >= 11 is 7.97. The van der Waals surface area contributed by atoms with Crippen LogP contribution in [0, 0.1) is 0 Å². The Hall–Kier alpha value is -2.79. The fourth-order valence-corrected chi connectivity index (χ4v) is 4.70. The van der Waals surface area contributed by atoms with Crippen molar-refractivity contribution >= 4 is 40.5 Å². The molecule has 5 rings (SSSR count). The molecule has 0 fully saturated rings. The molecular formula is C19H14ClF3N6OS. The molecule has 1 N–H and O–H groups in total. The van der Waals surface area contributed by atoms with Crippen LogP contribution in [0.4, 0.5) is 13.2 Å². The third kappa shape index (κ3) is 3.51. The van der Waals surface area contributed by atoms with Gasteiger partial charge in [0.1, 0.15) is 5.15 Å². The zero-order valence-electron chi connectivity index (χ0n) is 15.7. The van der Waals surface area contributed by atoms with Crippen LogP contribution in [0.1, 0.15) is 16.1 Å². The lowest BCUT2D eigenvalue weighted by Gasteiger charge is -2.16. The van der Waals surface area contributed by atoms with Crippen molar-refractivity contribution in [3.05, 3.63) is 52.7 Å². The van der Waals surface area contributed by atoms with E-state index in [1.807, 2.05) is 6.08 Å². The average Bonchev–Trinajstić information content (AvgIpc) is 3.53. The minimum absolute atomic E-state index is 0.0219. The Kier molecular flexibility index (Phi) is 4.82. The van der Waals surface area contributed by atoms with E-state index in [0.717, 1.165) is 21.8 Å². The highest BCUT2D eigenvalue weighted by atomic mass is 35.5. The van der Waals surface area contributed by atoms with Gasteiger partial charge in [0.15, 0.2) is 11.3 Å². The van der Waals surface area contributed by atoms with Gasteiger partial charge in [-0.05, 0) is 11.6 Å². The molecule has 3 aromatic rings. The van der Waals surface area contributed by atoms with E-state index in [-0.39, 0.29) is 22.5 Å². The monoisotopic (exact) mass is 466 g/mol. The smallest absolute Gasteiger partial charge is 0.329 e. The molecule has 0 bridgehead atoms. The number of pyridine rings is 1. The minimum atomic E-state index is -4.68. The zero-order valence-corrected chi connectivity index (χ0v) is 17.3. The highest BCUT2D eigenvalue weighted by Gasteiger charge is 2.37. The summed E-state index contributed by atoms with van der Waals surface area (Å²) in [5, 5.41) is 6.18. The van der Waals surface area contributed by atoms with Crippen LogP contribution >= 0.6 is 23.4 Å². The number of aromatic nitrogens is 4. The lowest BCUT2D eigenvalue weighted by atomic mass is 10.1. The van der Waals surface area contributed by atoms with Crippen molar-refractivity contribution in [2.24, 2.45) is 4.99 Å². The molecule has 2 aliphatic rings. The van der Waals surface area contributed by atoms with E-state index in [0.29, 0.717) is 18.7 Å². The molecule has 0 saturated heterocycles. The Labute approximate surface area is 183 Å². The molecule has 12 heteroatoms. The normalized spacial score (nSPS) is 18.9. The SMILES string of the molecule is O=C(c1nc2c(C(F)(F)F)cc(-c3cn[nH]c3)cn2c1Cl)N1CC=C(C2CSC=N2)C1. The zero-order chi connectivity index (χ0) is 21.8. The van der Waals surface area contributed by atoms with Crippen LogP contribution in [-0.4, -0.2) is 60.8 Å². The van der Waals surface area contributed by atoms with Gasteiger partial charge in [-0.25, -0.2) is 4.98 Å². The van der Waals surface area contributed by atoms with Crippen molar-refractivity contribution in [1.29, 1.82) is 0 Å². The molecule has 31 heavy (non-hydrogen) atoms. The Morgan fingerprint density at radius 2 is 2.16 bits per heavy atom. The van der Waals surface area contributed by atoms with Gasteiger partial charge < -0.3 is 4.90 Å².